The van der Waals surface area contributed by atoms with Gasteiger partial charge in [-0.05, 0) is 19.3 Å². The predicted molar refractivity (Wildman–Crippen MR) is 43.9 cm³/mol. The van der Waals surface area contributed by atoms with Crippen molar-refractivity contribution >= 4 is 11.8 Å². The van der Waals surface area contributed by atoms with Crippen molar-refractivity contribution in [2.75, 3.05) is 0 Å². The van der Waals surface area contributed by atoms with Gasteiger partial charge in [0.05, 0.1) is 0 Å². The zero-order valence-corrected chi connectivity index (χ0v) is 7.01. The van der Waals surface area contributed by atoms with Crippen molar-refractivity contribution in [3.05, 3.63) is 0 Å². The van der Waals surface area contributed by atoms with Gasteiger partial charge < -0.3 is 11.5 Å². The molecule has 4 heteroatoms. The van der Waals surface area contributed by atoms with Crippen LogP contribution in [-0.2, 0) is 9.59 Å². The Bertz CT molecular complexity index is 209. The summed E-state index contributed by atoms with van der Waals surface area (Å²) < 4.78 is 0. The van der Waals surface area contributed by atoms with E-state index in [1.54, 1.807) is 0 Å². The van der Waals surface area contributed by atoms with Crippen LogP contribution in [0.3, 0.4) is 0 Å². The number of rotatable bonds is 4. The molecule has 1 rings (SSSR count). The standard InChI is InChI=1S/C8H14N2O2/c9-6(11)2-5-8(7(10)12)3-1-4-8/h1-5H2,(H2,9,11)(H2,10,12). The first-order chi connectivity index (χ1) is 5.57. The van der Waals surface area contributed by atoms with Gasteiger partial charge in [0.25, 0.3) is 0 Å². The van der Waals surface area contributed by atoms with Gasteiger partial charge >= 0.3 is 0 Å². The summed E-state index contributed by atoms with van der Waals surface area (Å²) >= 11 is 0. The molecule has 1 aliphatic rings. The van der Waals surface area contributed by atoms with E-state index < -0.39 is 5.41 Å². The molecule has 0 aromatic rings. The van der Waals surface area contributed by atoms with Crippen LogP contribution in [0.4, 0.5) is 0 Å². The van der Waals surface area contributed by atoms with E-state index in [1.807, 2.05) is 0 Å². The van der Waals surface area contributed by atoms with E-state index in [0.717, 1.165) is 19.3 Å². The lowest BCUT2D eigenvalue weighted by Crippen LogP contribution is -2.43. The third kappa shape index (κ3) is 1.57. The first-order valence-corrected chi connectivity index (χ1v) is 4.15. The summed E-state index contributed by atoms with van der Waals surface area (Å²) in [4.78, 5) is 21.5. The predicted octanol–water partition coefficient (Wildman–Crippen LogP) is -0.0925. The summed E-state index contributed by atoms with van der Waals surface area (Å²) in [6.45, 7) is 0. The minimum absolute atomic E-state index is 0.267. The van der Waals surface area contributed by atoms with Gasteiger partial charge in [0.2, 0.25) is 11.8 Å². The largest absolute Gasteiger partial charge is 0.370 e. The summed E-state index contributed by atoms with van der Waals surface area (Å²) in [6, 6.07) is 0. The fraction of sp³-hybridized carbons (Fsp3) is 0.750. The number of amides is 2. The lowest BCUT2D eigenvalue weighted by atomic mass is 9.65. The van der Waals surface area contributed by atoms with Crippen LogP contribution >= 0.6 is 0 Å². The van der Waals surface area contributed by atoms with Crippen LogP contribution in [0.25, 0.3) is 0 Å². The fourth-order valence-electron chi connectivity index (χ4n) is 1.59. The molecule has 0 atom stereocenters. The Labute approximate surface area is 71.3 Å². The van der Waals surface area contributed by atoms with Crippen LogP contribution in [0.2, 0.25) is 0 Å². The van der Waals surface area contributed by atoms with E-state index in [9.17, 15) is 9.59 Å². The van der Waals surface area contributed by atoms with Crippen LogP contribution in [0, 0.1) is 5.41 Å². The molecular formula is C8H14N2O2. The Balaban J connectivity index is 2.45. The molecule has 0 spiro atoms. The molecule has 0 aromatic heterocycles. The summed E-state index contributed by atoms with van der Waals surface area (Å²) in [5.74, 6) is -0.641. The lowest BCUT2D eigenvalue weighted by molar-refractivity contribution is -0.133. The smallest absolute Gasteiger partial charge is 0.223 e. The van der Waals surface area contributed by atoms with E-state index in [-0.39, 0.29) is 18.2 Å². The van der Waals surface area contributed by atoms with Crippen molar-refractivity contribution in [1.29, 1.82) is 0 Å². The van der Waals surface area contributed by atoms with Crippen molar-refractivity contribution in [1.82, 2.24) is 0 Å². The van der Waals surface area contributed by atoms with E-state index in [1.165, 1.54) is 0 Å². The Morgan fingerprint density at radius 3 is 2.08 bits per heavy atom. The molecule has 1 aliphatic carbocycles. The van der Waals surface area contributed by atoms with Gasteiger partial charge in [-0.3, -0.25) is 9.59 Å². The minimum Gasteiger partial charge on any atom is -0.370 e. The molecule has 2 amide bonds. The maximum absolute atomic E-state index is 11.0. The average Bonchev–Trinajstić information content (AvgIpc) is 1.83. The summed E-state index contributed by atoms with van der Waals surface area (Å²) in [5, 5.41) is 0. The maximum Gasteiger partial charge on any atom is 0.223 e. The van der Waals surface area contributed by atoms with Crippen molar-refractivity contribution in [2.45, 2.75) is 32.1 Å². The minimum atomic E-state index is -0.408. The van der Waals surface area contributed by atoms with E-state index in [4.69, 9.17) is 11.5 Å². The van der Waals surface area contributed by atoms with Gasteiger partial charge in [-0.15, -0.1) is 0 Å². The van der Waals surface area contributed by atoms with Crippen molar-refractivity contribution in [3.63, 3.8) is 0 Å². The molecule has 0 bridgehead atoms. The van der Waals surface area contributed by atoms with Crippen molar-refractivity contribution in [2.24, 2.45) is 16.9 Å². The van der Waals surface area contributed by atoms with Crippen LogP contribution < -0.4 is 11.5 Å². The zero-order valence-electron chi connectivity index (χ0n) is 7.01. The van der Waals surface area contributed by atoms with Crippen LogP contribution in [-0.4, -0.2) is 11.8 Å². The third-order valence-electron chi connectivity index (χ3n) is 2.68. The van der Waals surface area contributed by atoms with Gasteiger partial charge in [0, 0.05) is 11.8 Å². The molecule has 0 aromatic carbocycles. The second kappa shape index (κ2) is 3.13. The van der Waals surface area contributed by atoms with Gasteiger partial charge in [0.1, 0.15) is 0 Å². The Hall–Kier alpha value is -1.06. The summed E-state index contributed by atoms with van der Waals surface area (Å²) in [6.07, 6.45) is 3.45. The highest BCUT2D eigenvalue weighted by atomic mass is 16.1. The molecule has 68 valence electrons. The van der Waals surface area contributed by atoms with Crippen LogP contribution in [0.15, 0.2) is 0 Å². The monoisotopic (exact) mass is 170 g/mol. The molecular weight excluding hydrogens is 156 g/mol. The summed E-state index contributed by atoms with van der Waals surface area (Å²) in [5.41, 5.74) is 9.81. The highest BCUT2D eigenvalue weighted by molar-refractivity contribution is 5.83. The molecule has 4 nitrogen and oxygen atoms in total. The first-order valence-electron chi connectivity index (χ1n) is 4.15. The second-order valence-electron chi connectivity index (χ2n) is 3.46. The van der Waals surface area contributed by atoms with Crippen LogP contribution in [0.5, 0.6) is 0 Å². The fourth-order valence-corrected chi connectivity index (χ4v) is 1.59. The quantitative estimate of drug-likeness (QED) is 0.617. The number of carbonyl (C=O) groups excluding carboxylic acids is 2. The Morgan fingerprint density at radius 2 is 1.83 bits per heavy atom. The van der Waals surface area contributed by atoms with E-state index in [2.05, 4.69) is 0 Å². The molecule has 0 radical (unpaired) electrons. The van der Waals surface area contributed by atoms with Gasteiger partial charge in [-0.25, -0.2) is 0 Å². The number of carbonyl (C=O) groups is 2. The number of hydrogen-bond acceptors (Lipinski definition) is 2. The first kappa shape index (κ1) is 9.03. The summed E-state index contributed by atoms with van der Waals surface area (Å²) in [7, 11) is 0. The molecule has 4 N–H and O–H groups in total. The molecule has 0 heterocycles. The zero-order chi connectivity index (χ0) is 9.19. The van der Waals surface area contributed by atoms with E-state index in [0.29, 0.717) is 6.42 Å². The number of primary amides is 2. The van der Waals surface area contributed by atoms with Crippen molar-refractivity contribution in [3.8, 4) is 0 Å². The lowest BCUT2D eigenvalue weighted by Gasteiger charge is -2.38. The third-order valence-corrected chi connectivity index (χ3v) is 2.68. The average molecular weight is 170 g/mol. The van der Waals surface area contributed by atoms with Gasteiger partial charge in [-0.2, -0.15) is 0 Å². The highest BCUT2D eigenvalue weighted by Crippen LogP contribution is 2.44. The van der Waals surface area contributed by atoms with Crippen molar-refractivity contribution < 1.29 is 9.59 Å². The number of nitrogens with two attached hydrogens (primary N) is 2. The maximum atomic E-state index is 11.0. The number of hydrogen-bond donors (Lipinski definition) is 2. The normalized spacial score (nSPS) is 19.7. The topological polar surface area (TPSA) is 86.2 Å². The second-order valence-corrected chi connectivity index (χ2v) is 3.46. The Morgan fingerprint density at radius 1 is 1.25 bits per heavy atom. The molecule has 1 saturated carbocycles. The van der Waals surface area contributed by atoms with Gasteiger partial charge in [0.15, 0.2) is 0 Å². The van der Waals surface area contributed by atoms with E-state index >= 15 is 0 Å². The molecule has 1 fully saturated rings. The highest BCUT2D eigenvalue weighted by Gasteiger charge is 2.42. The Kier molecular flexibility index (Phi) is 2.35. The molecule has 0 unspecified atom stereocenters. The molecule has 12 heavy (non-hydrogen) atoms. The molecule has 0 saturated heterocycles. The molecule has 0 aliphatic heterocycles. The SMILES string of the molecule is NC(=O)CCC1(C(N)=O)CCC1. The van der Waals surface area contributed by atoms with Gasteiger partial charge in [-0.1, -0.05) is 6.42 Å². The van der Waals surface area contributed by atoms with Crippen LogP contribution in [0.1, 0.15) is 32.1 Å².